The zero-order chi connectivity index (χ0) is 34.4. The molecule has 0 aliphatic carbocycles. The van der Waals surface area contributed by atoms with Crippen molar-refractivity contribution < 1.29 is 57.1 Å². The second-order valence-electron chi connectivity index (χ2n) is 10.7. The third kappa shape index (κ3) is 13.4. The lowest BCUT2D eigenvalue weighted by atomic mass is 10.0. The Morgan fingerprint density at radius 3 is 1.90 bits per heavy atom. The number of nitrogens with zero attached hydrogens (tertiary/aromatic N) is 1. The molecular formula is C33H47N3O12. The molecule has 0 aromatic heterocycles. The summed E-state index contributed by atoms with van der Waals surface area (Å²) in [4.78, 5) is 63.4. The number of unbranched alkanes of at least 4 members (excludes halogenated alkanes) is 2. The number of ether oxygens (including phenoxy) is 7. The van der Waals surface area contributed by atoms with Gasteiger partial charge in [0.2, 0.25) is 17.7 Å². The van der Waals surface area contributed by atoms with Gasteiger partial charge in [0.25, 0.3) is 11.8 Å². The summed E-state index contributed by atoms with van der Waals surface area (Å²) < 4.78 is 37.6. The molecular weight excluding hydrogens is 630 g/mol. The van der Waals surface area contributed by atoms with Crippen LogP contribution in [0.1, 0.15) is 59.2 Å². The van der Waals surface area contributed by atoms with E-state index in [0.29, 0.717) is 92.3 Å². The minimum atomic E-state index is -1.07. The Labute approximate surface area is 280 Å². The Hall–Kier alpha value is -3.73. The molecule has 2 N–H and O–H groups in total. The van der Waals surface area contributed by atoms with Gasteiger partial charge in [0.1, 0.15) is 12.6 Å². The highest BCUT2D eigenvalue weighted by atomic mass is 16.6. The first-order valence-corrected chi connectivity index (χ1v) is 16.3. The lowest BCUT2D eigenvalue weighted by Gasteiger charge is -2.27. The van der Waals surface area contributed by atoms with Gasteiger partial charge < -0.3 is 38.5 Å². The molecule has 1 saturated heterocycles. The number of fused-ring (bicyclic) bond motifs is 1. The van der Waals surface area contributed by atoms with E-state index in [-0.39, 0.29) is 42.0 Å². The number of nitrogens with one attached hydrogen (secondary N) is 2. The third-order valence-corrected chi connectivity index (χ3v) is 7.26. The average Bonchev–Trinajstić information content (AvgIpc) is 3.32. The maximum absolute atomic E-state index is 13.2. The number of hydrogen-bond donors (Lipinski definition) is 2. The Morgan fingerprint density at radius 1 is 0.771 bits per heavy atom. The molecule has 3 rings (SSSR count). The van der Waals surface area contributed by atoms with Gasteiger partial charge in [0, 0.05) is 19.4 Å². The van der Waals surface area contributed by atoms with E-state index in [2.05, 4.69) is 17.2 Å². The predicted molar refractivity (Wildman–Crippen MR) is 171 cm³/mol. The van der Waals surface area contributed by atoms with Crippen molar-refractivity contribution in [2.24, 2.45) is 0 Å². The van der Waals surface area contributed by atoms with Gasteiger partial charge in [0.05, 0.1) is 95.8 Å². The number of hydrogen-bond acceptors (Lipinski definition) is 12. The summed E-state index contributed by atoms with van der Waals surface area (Å²) in [7, 11) is 0. The Morgan fingerprint density at radius 2 is 1.33 bits per heavy atom. The molecule has 0 saturated carbocycles. The van der Waals surface area contributed by atoms with Crippen LogP contribution in [0.4, 0.5) is 5.69 Å². The highest BCUT2D eigenvalue weighted by Gasteiger charge is 2.45. The highest BCUT2D eigenvalue weighted by molar-refractivity contribution is 6.26. The van der Waals surface area contributed by atoms with Crippen LogP contribution in [0.3, 0.4) is 0 Å². The molecule has 15 nitrogen and oxygen atoms in total. The van der Waals surface area contributed by atoms with Crippen molar-refractivity contribution in [2.45, 2.75) is 44.6 Å². The SMILES string of the molecule is C=COCCOCCOCCOCCOCCOCCOCCCCCC(=O)Nc1cccc2c1C(=O)N(C1CCC(=O)NC1=O)C2=O. The fourth-order valence-corrected chi connectivity index (χ4v) is 4.89. The van der Waals surface area contributed by atoms with Crippen LogP contribution in [0.15, 0.2) is 31.0 Å². The fraction of sp³-hybridized carbons (Fsp3) is 0.606. The molecule has 2 aliphatic heterocycles. The number of rotatable bonds is 27. The molecule has 2 heterocycles. The van der Waals surface area contributed by atoms with Crippen molar-refractivity contribution >= 4 is 35.2 Å². The van der Waals surface area contributed by atoms with Gasteiger partial charge in [-0.05, 0) is 31.4 Å². The van der Waals surface area contributed by atoms with Gasteiger partial charge in [0.15, 0.2) is 0 Å². The van der Waals surface area contributed by atoms with Gasteiger partial charge in [-0.3, -0.25) is 34.2 Å². The van der Waals surface area contributed by atoms with Crippen molar-refractivity contribution in [2.75, 3.05) is 91.2 Å². The second-order valence-corrected chi connectivity index (χ2v) is 10.7. The summed E-state index contributed by atoms with van der Waals surface area (Å²) in [6, 6.07) is 3.53. The first-order chi connectivity index (χ1) is 23.4. The van der Waals surface area contributed by atoms with Crippen LogP contribution in [-0.4, -0.2) is 126 Å². The van der Waals surface area contributed by atoms with Gasteiger partial charge in [-0.1, -0.05) is 19.1 Å². The number of imide groups is 2. The molecule has 0 spiro atoms. The first kappa shape index (κ1) is 38.7. The molecule has 0 bridgehead atoms. The maximum Gasteiger partial charge on any atom is 0.264 e. The Kier molecular flexibility index (Phi) is 18.4. The third-order valence-electron chi connectivity index (χ3n) is 7.26. The van der Waals surface area contributed by atoms with Crippen molar-refractivity contribution in [3.05, 3.63) is 42.2 Å². The minimum Gasteiger partial charge on any atom is -0.499 e. The van der Waals surface area contributed by atoms with Crippen LogP contribution >= 0.6 is 0 Å². The van der Waals surface area contributed by atoms with E-state index in [4.69, 9.17) is 33.2 Å². The summed E-state index contributed by atoms with van der Waals surface area (Å²) in [6.07, 6.45) is 3.86. The summed E-state index contributed by atoms with van der Waals surface area (Å²) >= 11 is 0. The van der Waals surface area contributed by atoms with E-state index in [1.807, 2.05) is 0 Å². The number of carbonyl (C=O) groups excluding carboxylic acids is 5. The van der Waals surface area contributed by atoms with E-state index in [0.717, 1.165) is 17.7 Å². The van der Waals surface area contributed by atoms with Crippen LogP contribution in [0.2, 0.25) is 0 Å². The molecule has 48 heavy (non-hydrogen) atoms. The molecule has 1 aromatic carbocycles. The zero-order valence-electron chi connectivity index (χ0n) is 27.4. The van der Waals surface area contributed by atoms with Crippen LogP contribution in [0.25, 0.3) is 0 Å². The van der Waals surface area contributed by atoms with Crippen molar-refractivity contribution in [3.8, 4) is 0 Å². The smallest absolute Gasteiger partial charge is 0.264 e. The molecule has 1 unspecified atom stereocenters. The Balaban J connectivity index is 1.13. The molecule has 5 amide bonds. The van der Waals surface area contributed by atoms with Crippen LogP contribution < -0.4 is 10.6 Å². The molecule has 266 valence electrons. The predicted octanol–water partition coefficient (Wildman–Crippen LogP) is 1.85. The van der Waals surface area contributed by atoms with Crippen LogP contribution in [0, 0.1) is 0 Å². The zero-order valence-corrected chi connectivity index (χ0v) is 27.4. The largest absolute Gasteiger partial charge is 0.499 e. The lowest BCUT2D eigenvalue weighted by Crippen LogP contribution is -2.54. The van der Waals surface area contributed by atoms with Crippen molar-refractivity contribution in [1.82, 2.24) is 10.2 Å². The number of anilines is 1. The average molecular weight is 678 g/mol. The van der Waals surface area contributed by atoms with E-state index in [9.17, 15) is 24.0 Å². The van der Waals surface area contributed by atoms with E-state index >= 15 is 0 Å². The number of benzene rings is 1. The van der Waals surface area contributed by atoms with Crippen LogP contribution in [-0.2, 0) is 47.5 Å². The quantitative estimate of drug-likeness (QED) is 0.0786. The summed E-state index contributed by atoms with van der Waals surface area (Å²) in [6.45, 7) is 9.73. The summed E-state index contributed by atoms with van der Waals surface area (Å²) in [5.41, 5.74) is 0.390. The fourth-order valence-electron chi connectivity index (χ4n) is 4.89. The molecule has 1 fully saturated rings. The standard InChI is InChI=1S/C33H47N3O12/c1-2-42-13-14-44-17-18-46-21-22-48-24-23-47-20-19-45-16-15-43-12-5-3-4-9-28(37)34-26-8-6-7-25-30(26)33(41)36(32(25)40)27-10-11-29(38)35-31(27)39/h2,6-8,27H,1,3-5,9-24H2,(H,34,37)(H,35,38,39). The van der Waals surface area contributed by atoms with Gasteiger partial charge >= 0.3 is 0 Å². The van der Waals surface area contributed by atoms with E-state index in [1.165, 1.54) is 12.3 Å². The van der Waals surface area contributed by atoms with E-state index in [1.54, 1.807) is 12.1 Å². The summed E-state index contributed by atoms with van der Waals surface area (Å²) in [5, 5.41) is 4.90. The molecule has 0 radical (unpaired) electrons. The monoisotopic (exact) mass is 677 g/mol. The highest BCUT2D eigenvalue weighted by Crippen LogP contribution is 2.32. The topological polar surface area (TPSA) is 177 Å². The maximum atomic E-state index is 13.2. The Bertz CT molecular complexity index is 1210. The van der Waals surface area contributed by atoms with E-state index < -0.39 is 29.7 Å². The van der Waals surface area contributed by atoms with Crippen molar-refractivity contribution in [3.63, 3.8) is 0 Å². The first-order valence-electron chi connectivity index (χ1n) is 16.3. The number of piperidine rings is 1. The van der Waals surface area contributed by atoms with Gasteiger partial charge in [-0.15, -0.1) is 0 Å². The van der Waals surface area contributed by atoms with Gasteiger partial charge in [-0.2, -0.15) is 0 Å². The lowest BCUT2D eigenvalue weighted by molar-refractivity contribution is -0.136. The van der Waals surface area contributed by atoms with Crippen LogP contribution in [0.5, 0.6) is 0 Å². The molecule has 1 atom stereocenters. The molecule has 2 aliphatic rings. The summed E-state index contributed by atoms with van der Waals surface area (Å²) in [5.74, 6) is -2.70. The number of carbonyl (C=O) groups is 5. The van der Waals surface area contributed by atoms with Crippen molar-refractivity contribution in [1.29, 1.82) is 0 Å². The second kappa shape index (κ2) is 22.8. The minimum absolute atomic E-state index is 0.0314. The number of amides is 5. The molecule has 15 heteroatoms. The van der Waals surface area contributed by atoms with Gasteiger partial charge in [-0.25, -0.2) is 0 Å². The molecule has 1 aromatic rings. The normalized spacial score (nSPS) is 15.8.